The van der Waals surface area contributed by atoms with Crippen LogP contribution in [0.3, 0.4) is 0 Å². The lowest BCUT2D eigenvalue weighted by Gasteiger charge is -2.32. The highest BCUT2D eigenvalue weighted by molar-refractivity contribution is 6.10. The van der Waals surface area contributed by atoms with Crippen LogP contribution in [0.2, 0.25) is 0 Å². The van der Waals surface area contributed by atoms with Crippen LogP contribution in [0.15, 0.2) is 48.7 Å². The van der Waals surface area contributed by atoms with Crippen LogP contribution in [-0.2, 0) is 18.0 Å². The van der Waals surface area contributed by atoms with Crippen LogP contribution in [0, 0.1) is 5.92 Å². The number of benzene rings is 2. The Hall–Kier alpha value is -3.33. The van der Waals surface area contributed by atoms with Gasteiger partial charge in [-0.05, 0) is 74.1 Å². The van der Waals surface area contributed by atoms with Crippen molar-refractivity contribution in [3.05, 3.63) is 59.8 Å². The maximum atomic E-state index is 13.4. The lowest BCUT2D eigenvalue weighted by molar-refractivity contribution is -0.137. The molecular weight excluding hydrogens is 469 g/mol. The first-order chi connectivity index (χ1) is 17.3. The summed E-state index contributed by atoms with van der Waals surface area (Å²) >= 11 is 0. The van der Waals surface area contributed by atoms with Crippen LogP contribution < -0.4 is 0 Å². The zero-order valence-electron chi connectivity index (χ0n) is 20.0. The summed E-state index contributed by atoms with van der Waals surface area (Å²) in [5.74, 6) is 0.657. The Bertz CT molecular complexity index is 1430. The molecule has 1 unspecified atom stereocenters. The summed E-state index contributed by atoms with van der Waals surface area (Å²) in [4.78, 5) is 15.3. The smallest absolute Gasteiger partial charge is 0.376 e. The first-order valence-corrected chi connectivity index (χ1v) is 12.3. The molecule has 1 amide bonds. The van der Waals surface area contributed by atoms with Gasteiger partial charge in [-0.2, -0.15) is 18.3 Å². The minimum atomic E-state index is -4.40. The van der Waals surface area contributed by atoms with Gasteiger partial charge in [0.25, 0.3) is 5.91 Å². The normalized spacial score (nSPS) is 18.9. The summed E-state index contributed by atoms with van der Waals surface area (Å²) in [6.07, 6.45) is 1.92. The molecule has 1 saturated heterocycles. The van der Waals surface area contributed by atoms with Gasteiger partial charge < -0.3 is 9.64 Å². The second-order valence-corrected chi connectivity index (χ2v) is 9.94. The second kappa shape index (κ2) is 8.65. The SMILES string of the molecule is Cn1cc2c3cc(C(=O)N4CCCC(OCC5CC5)C4)ccc3n(-c3ccc(C(F)(F)F)cc3)c2n1. The van der Waals surface area contributed by atoms with Crippen LogP contribution >= 0.6 is 0 Å². The Morgan fingerprint density at radius 2 is 1.86 bits per heavy atom. The molecule has 0 radical (unpaired) electrons. The molecule has 6 nitrogen and oxygen atoms in total. The van der Waals surface area contributed by atoms with Gasteiger partial charge in [0.2, 0.25) is 0 Å². The minimum Gasteiger partial charge on any atom is -0.376 e. The number of fused-ring (bicyclic) bond motifs is 3. The fraction of sp³-hybridized carbons (Fsp3) is 0.407. The van der Waals surface area contributed by atoms with Crippen molar-refractivity contribution in [1.82, 2.24) is 19.2 Å². The van der Waals surface area contributed by atoms with E-state index in [1.54, 1.807) is 17.8 Å². The van der Waals surface area contributed by atoms with Gasteiger partial charge in [0.1, 0.15) is 0 Å². The average Bonchev–Trinajstić information content (AvgIpc) is 3.56. The Kier molecular flexibility index (Phi) is 5.55. The first-order valence-electron chi connectivity index (χ1n) is 12.3. The summed E-state index contributed by atoms with van der Waals surface area (Å²) in [7, 11) is 1.80. The van der Waals surface area contributed by atoms with Gasteiger partial charge in [-0.25, -0.2) is 0 Å². The van der Waals surface area contributed by atoms with Crippen molar-refractivity contribution in [2.75, 3.05) is 19.7 Å². The molecular formula is C27H27F3N4O2. The quantitative estimate of drug-likeness (QED) is 0.363. The molecule has 2 fully saturated rings. The van der Waals surface area contributed by atoms with Gasteiger partial charge in [0.15, 0.2) is 5.65 Å². The molecule has 1 atom stereocenters. The fourth-order valence-corrected chi connectivity index (χ4v) is 5.08. The number of aryl methyl sites for hydroxylation is 1. The molecule has 188 valence electrons. The van der Waals surface area contributed by atoms with E-state index >= 15 is 0 Å². The maximum Gasteiger partial charge on any atom is 0.416 e. The Morgan fingerprint density at radius 1 is 1.08 bits per heavy atom. The number of carbonyl (C=O) groups excluding carboxylic acids is 1. The van der Waals surface area contributed by atoms with Gasteiger partial charge in [-0.15, -0.1) is 0 Å². The van der Waals surface area contributed by atoms with E-state index in [0.29, 0.717) is 35.9 Å². The standard InChI is InChI=1S/C27H27F3N4O2/c1-32-15-23-22-13-18(26(35)33-12-2-3-21(14-33)36-16-17-4-5-17)6-11-24(22)34(25(23)31-32)20-9-7-19(8-10-20)27(28,29)30/h6-11,13,15,17,21H,2-5,12,14,16H2,1H3. The molecule has 2 aromatic carbocycles. The topological polar surface area (TPSA) is 52.3 Å². The molecule has 6 rings (SSSR count). The number of hydrogen-bond acceptors (Lipinski definition) is 3. The van der Waals surface area contributed by atoms with E-state index in [0.717, 1.165) is 47.9 Å². The predicted molar refractivity (Wildman–Crippen MR) is 130 cm³/mol. The summed E-state index contributed by atoms with van der Waals surface area (Å²) in [5, 5.41) is 6.23. The lowest BCUT2D eigenvalue weighted by atomic mass is 10.1. The third kappa shape index (κ3) is 4.25. The van der Waals surface area contributed by atoms with E-state index in [9.17, 15) is 18.0 Å². The Labute approximate surface area is 206 Å². The summed E-state index contributed by atoms with van der Waals surface area (Å²) in [5.41, 5.74) is 1.87. The van der Waals surface area contributed by atoms with E-state index in [4.69, 9.17) is 4.74 Å². The van der Waals surface area contributed by atoms with Crippen molar-refractivity contribution in [2.45, 2.75) is 38.0 Å². The van der Waals surface area contributed by atoms with Crippen molar-refractivity contribution < 1.29 is 22.7 Å². The number of aromatic nitrogens is 3. The highest BCUT2D eigenvalue weighted by Crippen LogP contribution is 2.35. The van der Waals surface area contributed by atoms with Crippen molar-refractivity contribution in [3.8, 4) is 5.69 Å². The lowest BCUT2D eigenvalue weighted by Crippen LogP contribution is -2.43. The Morgan fingerprint density at radius 3 is 2.58 bits per heavy atom. The van der Waals surface area contributed by atoms with Crippen molar-refractivity contribution in [2.24, 2.45) is 13.0 Å². The second-order valence-electron chi connectivity index (χ2n) is 9.94. The average molecular weight is 497 g/mol. The van der Waals surface area contributed by atoms with Gasteiger partial charge in [0, 0.05) is 55.0 Å². The number of hydrogen-bond donors (Lipinski definition) is 0. The van der Waals surface area contributed by atoms with Crippen molar-refractivity contribution in [3.63, 3.8) is 0 Å². The number of nitrogens with zero attached hydrogens (tertiary/aromatic N) is 4. The van der Waals surface area contributed by atoms with E-state index in [1.807, 2.05) is 27.8 Å². The van der Waals surface area contributed by atoms with Gasteiger partial charge in [-0.1, -0.05) is 0 Å². The third-order valence-electron chi connectivity index (χ3n) is 7.18. The van der Waals surface area contributed by atoms with E-state index < -0.39 is 11.7 Å². The molecule has 3 heterocycles. The molecule has 1 aliphatic carbocycles. The minimum absolute atomic E-state index is 0.0315. The van der Waals surface area contributed by atoms with E-state index in [2.05, 4.69) is 5.10 Å². The molecule has 2 aliphatic rings. The highest BCUT2D eigenvalue weighted by Gasteiger charge is 2.31. The van der Waals surface area contributed by atoms with Crippen LogP contribution in [-0.4, -0.2) is 51.0 Å². The predicted octanol–water partition coefficient (Wildman–Crippen LogP) is 5.57. The van der Waals surface area contributed by atoms with Crippen LogP contribution in [0.1, 0.15) is 41.6 Å². The van der Waals surface area contributed by atoms with Crippen LogP contribution in [0.4, 0.5) is 13.2 Å². The number of likely N-dealkylation sites (tertiary alicyclic amines) is 1. The molecule has 1 aliphatic heterocycles. The summed E-state index contributed by atoms with van der Waals surface area (Å²) < 4.78 is 48.8. The zero-order valence-corrected chi connectivity index (χ0v) is 20.0. The summed E-state index contributed by atoms with van der Waals surface area (Å²) in [6, 6.07) is 10.6. The van der Waals surface area contributed by atoms with Crippen molar-refractivity contribution >= 4 is 27.8 Å². The Balaban J connectivity index is 1.33. The largest absolute Gasteiger partial charge is 0.416 e. The van der Waals surface area contributed by atoms with Gasteiger partial charge >= 0.3 is 6.18 Å². The first kappa shape index (κ1) is 23.1. The molecule has 1 saturated carbocycles. The number of halogens is 3. The summed E-state index contributed by atoms with van der Waals surface area (Å²) in [6.45, 7) is 2.09. The van der Waals surface area contributed by atoms with Gasteiger partial charge in [-0.3, -0.25) is 14.0 Å². The monoisotopic (exact) mass is 496 g/mol. The number of amides is 1. The molecule has 4 aromatic rings. The van der Waals surface area contributed by atoms with E-state index in [1.165, 1.54) is 25.0 Å². The number of alkyl halides is 3. The van der Waals surface area contributed by atoms with Crippen LogP contribution in [0.5, 0.6) is 0 Å². The molecule has 0 bridgehead atoms. The third-order valence-corrected chi connectivity index (χ3v) is 7.18. The highest BCUT2D eigenvalue weighted by atomic mass is 19.4. The van der Waals surface area contributed by atoms with Crippen molar-refractivity contribution in [1.29, 1.82) is 0 Å². The number of piperidine rings is 1. The van der Waals surface area contributed by atoms with Crippen LogP contribution in [0.25, 0.3) is 27.6 Å². The molecule has 2 aromatic heterocycles. The molecule has 9 heteroatoms. The molecule has 0 spiro atoms. The molecule has 0 N–H and O–H groups in total. The zero-order chi connectivity index (χ0) is 25.0. The molecule has 36 heavy (non-hydrogen) atoms. The number of rotatable bonds is 5. The van der Waals surface area contributed by atoms with E-state index in [-0.39, 0.29) is 12.0 Å². The number of ether oxygens (including phenoxy) is 1. The van der Waals surface area contributed by atoms with Gasteiger partial charge in [0.05, 0.1) is 17.2 Å². The fourth-order valence-electron chi connectivity index (χ4n) is 5.08. The number of carbonyl (C=O) groups is 1. The maximum absolute atomic E-state index is 13.4.